The zero-order valence-electron chi connectivity index (χ0n) is 9.38. The zero-order valence-corrected chi connectivity index (χ0v) is 9.38. The molecule has 0 aromatic rings. The molecule has 1 saturated heterocycles. The molecule has 0 radical (unpaired) electrons. The van der Waals surface area contributed by atoms with Gasteiger partial charge >= 0.3 is 5.97 Å². The molecule has 1 rings (SSSR count). The van der Waals surface area contributed by atoms with Crippen molar-refractivity contribution in [1.29, 1.82) is 0 Å². The number of hydrogen-bond donors (Lipinski definition) is 3. The lowest BCUT2D eigenvalue weighted by atomic mass is 9.87. The lowest BCUT2D eigenvalue weighted by Gasteiger charge is -2.44. The maximum Gasteiger partial charge on any atom is 0.305 e. The Labute approximate surface area is 90.2 Å². The van der Waals surface area contributed by atoms with Crippen LogP contribution in [0.2, 0.25) is 0 Å². The smallest absolute Gasteiger partial charge is 0.305 e. The third kappa shape index (κ3) is 3.77. The summed E-state index contributed by atoms with van der Waals surface area (Å²) in [6.07, 6.45) is 1.08. The first-order valence-electron chi connectivity index (χ1n) is 5.27. The SMILES string of the molecule is COCCC(C)NC1(CC(=O)O)CNC1. The van der Waals surface area contributed by atoms with E-state index in [1.54, 1.807) is 7.11 Å². The van der Waals surface area contributed by atoms with Crippen molar-refractivity contribution in [3.8, 4) is 0 Å². The first kappa shape index (κ1) is 12.4. The predicted octanol–water partition coefficient (Wildman–Crippen LogP) is -0.182. The van der Waals surface area contributed by atoms with E-state index in [1.807, 2.05) is 0 Å². The molecule has 1 heterocycles. The Hall–Kier alpha value is -0.650. The number of nitrogens with one attached hydrogen (secondary N) is 2. The van der Waals surface area contributed by atoms with E-state index in [4.69, 9.17) is 9.84 Å². The summed E-state index contributed by atoms with van der Waals surface area (Å²) in [5.74, 6) is -0.747. The van der Waals surface area contributed by atoms with Gasteiger partial charge in [0.2, 0.25) is 0 Å². The summed E-state index contributed by atoms with van der Waals surface area (Å²) in [4.78, 5) is 10.7. The first-order chi connectivity index (χ1) is 7.08. The van der Waals surface area contributed by atoms with Crippen LogP contribution in [0.1, 0.15) is 19.8 Å². The number of carboxylic acid groups (broad SMARTS) is 1. The van der Waals surface area contributed by atoms with Crippen LogP contribution in [0.4, 0.5) is 0 Å². The highest BCUT2D eigenvalue weighted by molar-refractivity contribution is 5.68. The van der Waals surface area contributed by atoms with Gasteiger partial charge in [-0.2, -0.15) is 0 Å². The number of rotatable bonds is 7. The van der Waals surface area contributed by atoms with E-state index in [2.05, 4.69) is 17.6 Å². The molecule has 88 valence electrons. The third-order valence-electron chi connectivity index (χ3n) is 2.72. The van der Waals surface area contributed by atoms with Gasteiger partial charge in [0.1, 0.15) is 0 Å². The quantitative estimate of drug-likeness (QED) is 0.550. The fraction of sp³-hybridized carbons (Fsp3) is 0.900. The highest BCUT2D eigenvalue weighted by Gasteiger charge is 2.39. The maximum absolute atomic E-state index is 10.7. The van der Waals surface area contributed by atoms with Crippen molar-refractivity contribution in [3.05, 3.63) is 0 Å². The van der Waals surface area contributed by atoms with Crippen LogP contribution in [0.25, 0.3) is 0 Å². The third-order valence-corrected chi connectivity index (χ3v) is 2.72. The van der Waals surface area contributed by atoms with Gasteiger partial charge in [0, 0.05) is 32.8 Å². The van der Waals surface area contributed by atoms with Crippen LogP contribution in [-0.2, 0) is 9.53 Å². The number of carbonyl (C=O) groups is 1. The average Bonchev–Trinajstić information content (AvgIpc) is 2.10. The molecule has 1 atom stereocenters. The summed E-state index contributed by atoms with van der Waals surface area (Å²) in [5.41, 5.74) is -0.251. The Balaban J connectivity index is 2.35. The van der Waals surface area contributed by atoms with Gasteiger partial charge in [-0.15, -0.1) is 0 Å². The molecule has 1 fully saturated rings. The van der Waals surface area contributed by atoms with Gasteiger partial charge in [-0.1, -0.05) is 0 Å². The van der Waals surface area contributed by atoms with Crippen molar-refractivity contribution in [1.82, 2.24) is 10.6 Å². The van der Waals surface area contributed by atoms with Crippen LogP contribution >= 0.6 is 0 Å². The minimum Gasteiger partial charge on any atom is -0.481 e. The van der Waals surface area contributed by atoms with Gasteiger partial charge in [0.05, 0.1) is 12.0 Å². The molecular formula is C10H20N2O3. The first-order valence-corrected chi connectivity index (χ1v) is 5.27. The van der Waals surface area contributed by atoms with Crippen LogP contribution < -0.4 is 10.6 Å². The molecule has 0 aromatic carbocycles. The second-order valence-electron chi connectivity index (χ2n) is 4.28. The topological polar surface area (TPSA) is 70.6 Å². The fourth-order valence-corrected chi connectivity index (χ4v) is 1.88. The second-order valence-corrected chi connectivity index (χ2v) is 4.28. The lowest BCUT2D eigenvalue weighted by Crippen LogP contribution is -2.70. The van der Waals surface area contributed by atoms with E-state index in [9.17, 15) is 4.79 Å². The van der Waals surface area contributed by atoms with Crippen molar-refractivity contribution in [2.45, 2.75) is 31.3 Å². The minimum absolute atomic E-state index is 0.178. The molecule has 0 amide bonds. The summed E-state index contributed by atoms with van der Waals surface area (Å²) in [7, 11) is 1.67. The van der Waals surface area contributed by atoms with Gasteiger partial charge in [-0.25, -0.2) is 0 Å². The minimum atomic E-state index is -0.747. The van der Waals surface area contributed by atoms with Crippen molar-refractivity contribution in [3.63, 3.8) is 0 Å². The lowest BCUT2D eigenvalue weighted by molar-refractivity contribution is -0.139. The van der Waals surface area contributed by atoms with Gasteiger partial charge in [-0.05, 0) is 13.3 Å². The number of ether oxygens (including phenoxy) is 1. The molecule has 1 aliphatic rings. The molecule has 3 N–H and O–H groups in total. The summed E-state index contributed by atoms with van der Waals surface area (Å²) in [6, 6.07) is 0.284. The van der Waals surface area contributed by atoms with Crippen molar-refractivity contribution < 1.29 is 14.6 Å². The zero-order chi connectivity index (χ0) is 11.3. The van der Waals surface area contributed by atoms with E-state index in [1.165, 1.54) is 0 Å². The van der Waals surface area contributed by atoms with E-state index in [0.717, 1.165) is 19.5 Å². The molecule has 0 bridgehead atoms. The Morgan fingerprint density at radius 3 is 2.73 bits per heavy atom. The van der Waals surface area contributed by atoms with Crippen molar-refractivity contribution in [2.75, 3.05) is 26.8 Å². The standard InChI is InChI=1S/C10H20N2O3/c1-8(3-4-15-2)12-10(5-9(13)14)6-11-7-10/h8,11-12H,3-7H2,1-2H3,(H,13,14). The molecule has 1 unspecified atom stereocenters. The average molecular weight is 216 g/mol. The molecule has 0 aromatic heterocycles. The monoisotopic (exact) mass is 216 g/mol. The second kappa shape index (κ2) is 5.44. The molecule has 5 nitrogen and oxygen atoms in total. The van der Waals surface area contributed by atoms with E-state index >= 15 is 0 Å². The van der Waals surface area contributed by atoms with Crippen LogP contribution in [-0.4, -0.2) is 49.5 Å². The van der Waals surface area contributed by atoms with Crippen molar-refractivity contribution in [2.24, 2.45) is 0 Å². The van der Waals surface area contributed by atoms with Gasteiger partial charge in [-0.3, -0.25) is 4.79 Å². The number of aliphatic carboxylic acids is 1. The predicted molar refractivity (Wildman–Crippen MR) is 56.9 cm³/mol. The summed E-state index contributed by atoms with van der Waals surface area (Å²) in [6.45, 7) is 4.22. The van der Waals surface area contributed by atoms with Crippen LogP contribution in [0, 0.1) is 0 Å². The summed E-state index contributed by atoms with van der Waals surface area (Å²) in [5, 5.41) is 15.3. The highest BCUT2D eigenvalue weighted by Crippen LogP contribution is 2.17. The van der Waals surface area contributed by atoms with Gasteiger partial charge in [0.25, 0.3) is 0 Å². The molecule has 5 heteroatoms. The van der Waals surface area contributed by atoms with Gasteiger partial charge in [0.15, 0.2) is 0 Å². The molecular weight excluding hydrogens is 196 g/mol. The van der Waals surface area contributed by atoms with Crippen molar-refractivity contribution >= 4 is 5.97 Å². The molecule has 0 aliphatic carbocycles. The van der Waals surface area contributed by atoms with E-state index in [-0.39, 0.29) is 18.0 Å². The Morgan fingerprint density at radius 2 is 2.33 bits per heavy atom. The summed E-state index contributed by atoms with van der Waals surface area (Å²) >= 11 is 0. The van der Waals surface area contributed by atoms with Gasteiger partial charge < -0.3 is 20.5 Å². The Bertz CT molecular complexity index is 217. The summed E-state index contributed by atoms with van der Waals surface area (Å²) < 4.78 is 4.99. The fourth-order valence-electron chi connectivity index (χ4n) is 1.88. The molecule has 1 aliphatic heterocycles. The van der Waals surface area contributed by atoms with E-state index < -0.39 is 5.97 Å². The van der Waals surface area contributed by atoms with Crippen LogP contribution in [0.3, 0.4) is 0 Å². The number of methoxy groups -OCH3 is 1. The maximum atomic E-state index is 10.7. The number of hydrogen-bond acceptors (Lipinski definition) is 4. The molecule has 0 saturated carbocycles. The van der Waals surface area contributed by atoms with Crippen LogP contribution in [0.5, 0.6) is 0 Å². The largest absolute Gasteiger partial charge is 0.481 e. The Morgan fingerprint density at radius 1 is 1.67 bits per heavy atom. The van der Waals surface area contributed by atoms with Crippen LogP contribution in [0.15, 0.2) is 0 Å². The molecule has 15 heavy (non-hydrogen) atoms. The Kier molecular flexibility index (Phi) is 4.50. The number of carboxylic acids is 1. The highest BCUT2D eigenvalue weighted by atomic mass is 16.5. The normalized spacial score (nSPS) is 20.7. The van der Waals surface area contributed by atoms with E-state index in [0.29, 0.717) is 6.61 Å². The molecule has 0 spiro atoms.